The summed E-state index contributed by atoms with van der Waals surface area (Å²) in [5.41, 5.74) is 0.286. The smallest absolute Gasteiger partial charge is 0.321 e. The molecule has 3 N–H and O–H groups in total. The number of thiazole rings is 1. The summed E-state index contributed by atoms with van der Waals surface area (Å²) < 4.78 is 0. The number of aryl methyl sites for hydroxylation is 2. The van der Waals surface area contributed by atoms with Crippen molar-refractivity contribution < 1.29 is 14.7 Å². The molecule has 0 bridgehead atoms. The molecular weight excluding hydrogens is 278 g/mol. The van der Waals surface area contributed by atoms with Gasteiger partial charge in [0.15, 0.2) is 5.13 Å². The number of fused-ring (bicyclic) bond motifs is 1. The second kappa shape index (κ2) is 5.78. The highest BCUT2D eigenvalue weighted by Gasteiger charge is 2.24. The molecule has 0 fully saturated rings. The standard InChI is InChI=1S/C13H19N3O3S/c1-13(2,7-10(17)18)16-11(19)15-12-14-8-5-3-4-6-9(8)20-12/h3-7H2,1-2H3,(H,17,18)(H2,14,15,16,19). The number of hydrogen-bond donors (Lipinski definition) is 3. The second-order valence-electron chi connectivity index (χ2n) is 5.63. The van der Waals surface area contributed by atoms with E-state index in [1.807, 2.05) is 0 Å². The summed E-state index contributed by atoms with van der Waals surface area (Å²) in [5, 5.41) is 14.7. The molecule has 0 unspecified atom stereocenters. The van der Waals surface area contributed by atoms with Gasteiger partial charge in [-0.05, 0) is 39.5 Å². The Bertz CT molecular complexity index is 501. The average Bonchev–Trinajstić information content (AvgIpc) is 2.67. The molecule has 1 aromatic heterocycles. The first-order valence-corrected chi connectivity index (χ1v) is 7.47. The summed E-state index contributed by atoms with van der Waals surface area (Å²) >= 11 is 1.50. The summed E-state index contributed by atoms with van der Waals surface area (Å²) in [6, 6.07) is -0.414. The van der Waals surface area contributed by atoms with E-state index in [-0.39, 0.29) is 6.42 Å². The van der Waals surface area contributed by atoms with Crippen LogP contribution in [0.2, 0.25) is 0 Å². The zero-order valence-corrected chi connectivity index (χ0v) is 12.5. The first-order valence-electron chi connectivity index (χ1n) is 6.65. The molecule has 20 heavy (non-hydrogen) atoms. The molecule has 1 aromatic rings. The summed E-state index contributed by atoms with van der Waals surface area (Å²) in [5.74, 6) is -0.944. The number of amides is 2. The fourth-order valence-corrected chi connectivity index (χ4v) is 3.31. The van der Waals surface area contributed by atoms with Gasteiger partial charge in [0.25, 0.3) is 0 Å². The Morgan fingerprint density at radius 3 is 2.70 bits per heavy atom. The number of carbonyl (C=O) groups is 2. The van der Waals surface area contributed by atoms with Crippen molar-refractivity contribution >= 4 is 28.5 Å². The Labute approximate surface area is 121 Å². The zero-order chi connectivity index (χ0) is 14.8. The van der Waals surface area contributed by atoms with Crippen molar-refractivity contribution in [3.05, 3.63) is 10.6 Å². The zero-order valence-electron chi connectivity index (χ0n) is 11.7. The van der Waals surface area contributed by atoms with E-state index in [4.69, 9.17) is 5.11 Å². The molecule has 0 atom stereocenters. The predicted molar refractivity (Wildman–Crippen MR) is 77.2 cm³/mol. The summed E-state index contributed by atoms with van der Waals surface area (Å²) in [6.45, 7) is 3.35. The average molecular weight is 297 g/mol. The van der Waals surface area contributed by atoms with Crippen molar-refractivity contribution in [3.63, 3.8) is 0 Å². The lowest BCUT2D eigenvalue weighted by Crippen LogP contribution is -2.46. The molecule has 110 valence electrons. The number of hydrogen-bond acceptors (Lipinski definition) is 4. The lowest BCUT2D eigenvalue weighted by atomic mass is 10.0. The van der Waals surface area contributed by atoms with Gasteiger partial charge in [-0.15, -0.1) is 11.3 Å². The van der Waals surface area contributed by atoms with Crippen molar-refractivity contribution in [1.29, 1.82) is 0 Å². The van der Waals surface area contributed by atoms with E-state index < -0.39 is 17.5 Å². The quantitative estimate of drug-likeness (QED) is 0.795. The van der Waals surface area contributed by atoms with Crippen molar-refractivity contribution in [3.8, 4) is 0 Å². The molecule has 1 aliphatic carbocycles. The lowest BCUT2D eigenvalue weighted by Gasteiger charge is -2.23. The maximum Gasteiger partial charge on any atom is 0.321 e. The molecule has 0 aromatic carbocycles. The van der Waals surface area contributed by atoms with E-state index in [0.29, 0.717) is 5.13 Å². The number of carboxylic acids is 1. The van der Waals surface area contributed by atoms with Gasteiger partial charge in [-0.25, -0.2) is 9.78 Å². The Hall–Kier alpha value is -1.63. The fraction of sp³-hybridized carbons (Fsp3) is 0.615. The van der Waals surface area contributed by atoms with Crippen LogP contribution in [0, 0.1) is 0 Å². The highest BCUT2D eigenvalue weighted by molar-refractivity contribution is 7.15. The Balaban J connectivity index is 1.94. The van der Waals surface area contributed by atoms with Gasteiger partial charge in [0.1, 0.15) is 0 Å². The number of rotatable bonds is 4. The van der Waals surface area contributed by atoms with Crippen LogP contribution in [0.1, 0.15) is 43.7 Å². The molecule has 7 heteroatoms. The Kier molecular flexibility index (Phi) is 4.27. The third kappa shape index (κ3) is 3.93. The number of carbonyl (C=O) groups excluding carboxylic acids is 1. The van der Waals surface area contributed by atoms with Crippen LogP contribution in [0.4, 0.5) is 9.93 Å². The van der Waals surface area contributed by atoms with Crippen LogP contribution < -0.4 is 10.6 Å². The second-order valence-corrected chi connectivity index (χ2v) is 6.71. The minimum atomic E-state index is -0.944. The fourth-order valence-electron chi connectivity index (χ4n) is 2.26. The van der Waals surface area contributed by atoms with Crippen molar-refractivity contribution in [2.24, 2.45) is 0 Å². The van der Waals surface area contributed by atoms with E-state index in [1.54, 1.807) is 13.8 Å². The first kappa shape index (κ1) is 14.8. The van der Waals surface area contributed by atoms with Crippen molar-refractivity contribution in [1.82, 2.24) is 10.3 Å². The van der Waals surface area contributed by atoms with E-state index in [0.717, 1.165) is 25.0 Å². The SMILES string of the molecule is CC(C)(CC(=O)O)NC(=O)Nc1nc2c(s1)CCCC2. The van der Waals surface area contributed by atoms with Gasteiger partial charge in [0, 0.05) is 10.4 Å². The molecule has 0 saturated heterocycles. The van der Waals surface area contributed by atoms with Crippen LogP contribution in [-0.4, -0.2) is 27.6 Å². The van der Waals surface area contributed by atoms with Gasteiger partial charge >= 0.3 is 12.0 Å². The maximum atomic E-state index is 11.9. The number of aliphatic carboxylic acids is 1. The van der Waals surface area contributed by atoms with Crippen LogP contribution in [0.15, 0.2) is 0 Å². The van der Waals surface area contributed by atoms with Gasteiger partial charge in [0.05, 0.1) is 12.1 Å². The largest absolute Gasteiger partial charge is 0.481 e. The Morgan fingerprint density at radius 2 is 2.05 bits per heavy atom. The highest BCUT2D eigenvalue weighted by atomic mass is 32.1. The Morgan fingerprint density at radius 1 is 1.35 bits per heavy atom. The lowest BCUT2D eigenvalue weighted by molar-refractivity contribution is -0.138. The molecule has 2 amide bonds. The number of anilines is 1. The van der Waals surface area contributed by atoms with Gasteiger partial charge in [-0.2, -0.15) is 0 Å². The van der Waals surface area contributed by atoms with Crippen molar-refractivity contribution in [2.75, 3.05) is 5.32 Å². The van der Waals surface area contributed by atoms with Crippen LogP contribution in [0.3, 0.4) is 0 Å². The molecule has 0 radical (unpaired) electrons. The molecule has 0 aliphatic heterocycles. The third-order valence-corrected chi connectivity index (χ3v) is 4.18. The summed E-state index contributed by atoms with van der Waals surface area (Å²) in [6.07, 6.45) is 4.19. The van der Waals surface area contributed by atoms with Crippen LogP contribution in [-0.2, 0) is 17.6 Å². The first-order chi connectivity index (χ1) is 9.35. The maximum absolute atomic E-state index is 11.9. The van der Waals surface area contributed by atoms with Crippen LogP contribution in [0.25, 0.3) is 0 Å². The van der Waals surface area contributed by atoms with E-state index in [9.17, 15) is 9.59 Å². The monoisotopic (exact) mass is 297 g/mol. The van der Waals surface area contributed by atoms with E-state index in [1.165, 1.54) is 22.6 Å². The number of nitrogens with zero attached hydrogens (tertiary/aromatic N) is 1. The van der Waals surface area contributed by atoms with E-state index >= 15 is 0 Å². The summed E-state index contributed by atoms with van der Waals surface area (Å²) in [4.78, 5) is 28.2. The van der Waals surface area contributed by atoms with Gasteiger partial charge in [-0.1, -0.05) is 0 Å². The topological polar surface area (TPSA) is 91.3 Å². The summed E-state index contributed by atoms with van der Waals surface area (Å²) in [7, 11) is 0. The minimum absolute atomic E-state index is 0.130. The van der Waals surface area contributed by atoms with Gasteiger partial charge in [-0.3, -0.25) is 10.1 Å². The van der Waals surface area contributed by atoms with Gasteiger partial charge in [0.2, 0.25) is 0 Å². The molecule has 6 nitrogen and oxygen atoms in total. The minimum Gasteiger partial charge on any atom is -0.481 e. The molecule has 1 heterocycles. The van der Waals surface area contributed by atoms with Crippen molar-refractivity contribution in [2.45, 2.75) is 51.5 Å². The normalized spacial score (nSPS) is 14.5. The number of carboxylic acid groups (broad SMARTS) is 1. The highest BCUT2D eigenvalue weighted by Crippen LogP contribution is 2.29. The van der Waals surface area contributed by atoms with E-state index in [2.05, 4.69) is 15.6 Å². The predicted octanol–water partition coefficient (Wildman–Crippen LogP) is 2.40. The number of aromatic nitrogens is 1. The molecule has 1 aliphatic rings. The molecule has 0 saturated carbocycles. The molecule has 2 rings (SSSR count). The molecule has 0 spiro atoms. The van der Waals surface area contributed by atoms with Crippen LogP contribution >= 0.6 is 11.3 Å². The van der Waals surface area contributed by atoms with Gasteiger partial charge < -0.3 is 10.4 Å². The van der Waals surface area contributed by atoms with Crippen LogP contribution in [0.5, 0.6) is 0 Å². The third-order valence-electron chi connectivity index (χ3n) is 3.11. The number of urea groups is 1. The number of nitrogens with one attached hydrogen (secondary N) is 2. The molecular formula is C13H19N3O3S.